The molecule has 1 aromatic carbocycles. The van der Waals surface area contributed by atoms with Gasteiger partial charge in [-0.15, -0.1) is 0 Å². The van der Waals surface area contributed by atoms with Gasteiger partial charge in [0.1, 0.15) is 6.10 Å². The van der Waals surface area contributed by atoms with Crippen LogP contribution in [-0.4, -0.2) is 27.9 Å². The molecule has 92 valence electrons. The average molecular weight is 240 g/mol. The van der Waals surface area contributed by atoms with Gasteiger partial charge in [0.2, 0.25) is 0 Å². The van der Waals surface area contributed by atoms with E-state index in [-0.39, 0.29) is 18.6 Å². The fourth-order valence-corrected chi connectivity index (χ4v) is 1.83. The summed E-state index contributed by atoms with van der Waals surface area (Å²) in [6, 6.07) is 4.56. The Morgan fingerprint density at radius 3 is 2.71 bits per heavy atom. The molecule has 1 aromatic rings. The number of ether oxygens (including phenoxy) is 1. The Labute approximate surface area is 97.6 Å². The van der Waals surface area contributed by atoms with Crippen LogP contribution in [0.15, 0.2) is 18.2 Å². The van der Waals surface area contributed by atoms with Gasteiger partial charge < -0.3 is 14.9 Å². The molecule has 0 radical (unpaired) electrons. The second-order valence-electron chi connectivity index (χ2n) is 4.42. The number of carboxylic acid groups (broad SMARTS) is 1. The minimum absolute atomic E-state index is 0.0182. The second-order valence-corrected chi connectivity index (χ2v) is 4.42. The molecule has 0 spiro atoms. The zero-order valence-electron chi connectivity index (χ0n) is 9.31. The van der Waals surface area contributed by atoms with E-state index in [1.807, 2.05) is 0 Å². The molecule has 1 aliphatic rings. The van der Waals surface area contributed by atoms with Crippen LogP contribution in [0.5, 0.6) is 5.75 Å². The normalized spacial score (nSPS) is 27.4. The molecular formula is C12H13FO4. The van der Waals surface area contributed by atoms with Crippen LogP contribution in [0, 0.1) is 12.7 Å². The van der Waals surface area contributed by atoms with Gasteiger partial charge in [-0.25, -0.2) is 9.18 Å². The predicted molar refractivity (Wildman–Crippen MR) is 57.4 cm³/mol. The van der Waals surface area contributed by atoms with Crippen molar-refractivity contribution in [2.24, 2.45) is 0 Å². The topological polar surface area (TPSA) is 66.8 Å². The van der Waals surface area contributed by atoms with E-state index in [2.05, 4.69) is 0 Å². The number of aliphatic hydroxyl groups is 1. The minimum Gasteiger partial charge on any atom is -0.487 e. The SMILES string of the molecule is Cc1ccc(OC2CC(O)(C(=O)O)C2)c(F)c1. The summed E-state index contributed by atoms with van der Waals surface area (Å²) in [6.07, 6.45) is -0.487. The van der Waals surface area contributed by atoms with Crippen LogP contribution >= 0.6 is 0 Å². The standard InChI is InChI=1S/C12H13FO4/c1-7-2-3-10(9(13)4-7)17-8-5-12(16,6-8)11(14)15/h2-4,8,16H,5-6H2,1H3,(H,14,15). The van der Waals surface area contributed by atoms with Gasteiger partial charge >= 0.3 is 5.97 Å². The second kappa shape index (κ2) is 4.00. The number of hydrogen-bond donors (Lipinski definition) is 2. The van der Waals surface area contributed by atoms with Crippen molar-refractivity contribution in [3.05, 3.63) is 29.6 Å². The van der Waals surface area contributed by atoms with Crippen LogP contribution in [0.4, 0.5) is 4.39 Å². The molecule has 2 N–H and O–H groups in total. The van der Waals surface area contributed by atoms with E-state index in [1.165, 1.54) is 12.1 Å². The number of halogens is 1. The predicted octanol–water partition coefficient (Wildman–Crippen LogP) is 1.49. The van der Waals surface area contributed by atoms with E-state index in [0.29, 0.717) is 0 Å². The van der Waals surface area contributed by atoms with Gasteiger partial charge in [-0.1, -0.05) is 6.07 Å². The lowest BCUT2D eigenvalue weighted by atomic mass is 9.77. The van der Waals surface area contributed by atoms with Gasteiger partial charge in [0, 0.05) is 12.8 Å². The van der Waals surface area contributed by atoms with E-state index < -0.39 is 23.5 Å². The largest absolute Gasteiger partial charge is 0.487 e. The highest BCUT2D eigenvalue weighted by atomic mass is 19.1. The summed E-state index contributed by atoms with van der Waals surface area (Å²) in [5.41, 5.74) is -0.934. The van der Waals surface area contributed by atoms with Crippen LogP contribution in [0.1, 0.15) is 18.4 Å². The Hall–Kier alpha value is -1.62. The smallest absolute Gasteiger partial charge is 0.335 e. The van der Waals surface area contributed by atoms with Crippen LogP contribution in [0.3, 0.4) is 0 Å². The molecule has 0 heterocycles. The fourth-order valence-electron chi connectivity index (χ4n) is 1.83. The molecule has 1 aliphatic carbocycles. The molecule has 5 heteroatoms. The van der Waals surface area contributed by atoms with E-state index in [9.17, 15) is 14.3 Å². The molecule has 2 rings (SSSR count). The summed E-state index contributed by atoms with van der Waals surface area (Å²) >= 11 is 0. The third-order valence-electron chi connectivity index (χ3n) is 2.91. The van der Waals surface area contributed by atoms with Gasteiger partial charge in [-0.3, -0.25) is 0 Å². The Kier molecular flexibility index (Phi) is 2.79. The molecule has 1 saturated carbocycles. The van der Waals surface area contributed by atoms with Crippen molar-refractivity contribution >= 4 is 5.97 Å². The highest BCUT2D eigenvalue weighted by molar-refractivity contribution is 5.78. The quantitative estimate of drug-likeness (QED) is 0.840. The Morgan fingerprint density at radius 1 is 1.53 bits per heavy atom. The molecule has 0 bridgehead atoms. The number of aryl methyl sites for hydroxylation is 1. The van der Waals surface area contributed by atoms with Crippen molar-refractivity contribution in [1.29, 1.82) is 0 Å². The highest BCUT2D eigenvalue weighted by Crippen LogP contribution is 2.36. The molecule has 0 saturated heterocycles. The first-order valence-corrected chi connectivity index (χ1v) is 5.29. The van der Waals surface area contributed by atoms with Crippen molar-refractivity contribution in [2.75, 3.05) is 0 Å². The molecule has 17 heavy (non-hydrogen) atoms. The van der Waals surface area contributed by atoms with Crippen LogP contribution in [0.25, 0.3) is 0 Å². The third-order valence-corrected chi connectivity index (χ3v) is 2.91. The molecule has 0 atom stereocenters. The number of aliphatic carboxylic acids is 1. The fraction of sp³-hybridized carbons (Fsp3) is 0.417. The summed E-state index contributed by atoms with van der Waals surface area (Å²) in [6.45, 7) is 1.76. The van der Waals surface area contributed by atoms with Crippen LogP contribution in [0.2, 0.25) is 0 Å². The van der Waals surface area contributed by atoms with Crippen molar-refractivity contribution < 1.29 is 24.1 Å². The van der Waals surface area contributed by atoms with E-state index in [1.54, 1.807) is 13.0 Å². The van der Waals surface area contributed by atoms with E-state index in [4.69, 9.17) is 9.84 Å². The van der Waals surface area contributed by atoms with Gasteiger partial charge in [0.15, 0.2) is 17.2 Å². The maximum absolute atomic E-state index is 13.4. The summed E-state index contributed by atoms with van der Waals surface area (Å²) in [7, 11) is 0. The van der Waals surface area contributed by atoms with Gasteiger partial charge in [-0.05, 0) is 24.6 Å². The molecule has 0 aromatic heterocycles. The number of carbonyl (C=O) groups is 1. The van der Waals surface area contributed by atoms with Gasteiger partial charge in [-0.2, -0.15) is 0 Å². The van der Waals surface area contributed by atoms with Crippen molar-refractivity contribution in [1.82, 2.24) is 0 Å². The van der Waals surface area contributed by atoms with E-state index >= 15 is 0 Å². The number of benzene rings is 1. The zero-order chi connectivity index (χ0) is 12.6. The molecule has 4 nitrogen and oxygen atoms in total. The van der Waals surface area contributed by atoms with E-state index in [0.717, 1.165) is 5.56 Å². The Morgan fingerprint density at radius 2 is 2.18 bits per heavy atom. The third kappa shape index (κ3) is 2.24. The van der Waals surface area contributed by atoms with Crippen molar-refractivity contribution in [3.8, 4) is 5.75 Å². The zero-order valence-corrected chi connectivity index (χ0v) is 9.31. The lowest BCUT2D eigenvalue weighted by Gasteiger charge is -2.39. The molecule has 0 aliphatic heterocycles. The first kappa shape index (κ1) is 11.9. The average Bonchev–Trinajstić information content (AvgIpc) is 2.19. The maximum Gasteiger partial charge on any atom is 0.335 e. The maximum atomic E-state index is 13.4. The van der Waals surface area contributed by atoms with Gasteiger partial charge in [0.05, 0.1) is 0 Å². The first-order chi connectivity index (χ1) is 7.90. The summed E-state index contributed by atoms with van der Waals surface area (Å²) < 4.78 is 18.7. The number of hydrogen-bond acceptors (Lipinski definition) is 3. The molecule has 0 amide bonds. The molecular weight excluding hydrogens is 227 g/mol. The number of carboxylic acids is 1. The monoisotopic (exact) mass is 240 g/mol. The Bertz CT molecular complexity index is 452. The van der Waals surface area contributed by atoms with Crippen LogP contribution in [-0.2, 0) is 4.79 Å². The Balaban J connectivity index is 1.98. The van der Waals surface area contributed by atoms with Crippen LogP contribution < -0.4 is 4.74 Å². The summed E-state index contributed by atoms with van der Waals surface area (Å²) in [4.78, 5) is 10.6. The number of rotatable bonds is 3. The van der Waals surface area contributed by atoms with Crippen molar-refractivity contribution in [3.63, 3.8) is 0 Å². The first-order valence-electron chi connectivity index (χ1n) is 5.29. The lowest BCUT2D eigenvalue weighted by molar-refractivity contribution is -0.179. The molecule has 1 fully saturated rings. The van der Waals surface area contributed by atoms with Gasteiger partial charge in [0.25, 0.3) is 0 Å². The van der Waals surface area contributed by atoms with Crippen molar-refractivity contribution in [2.45, 2.75) is 31.5 Å². The highest BCUT2D eigenvalue weighted by Gasteiger charge is 2.50. The minimum atomic E-state index is -1.72. The summed E-state index contributed by atoms with van der Waals surface area (Å²) in [5.74, 6) is -1.65. The lowest BCUT2D eigenvalue weighted by Crippen LogP contribution is -2.55. The molecule has 0 unspecified atom stereocenters. The summed E-state index contributed by atoms with van der Waals surface area (Å²) in [5, 5.41) is 18.2.